The monoisotopic (exact) mass is 230 g/mol. The highest BCUT2D eigenvalue weighted by atomic mass is 16.5. The topological polar surface area (TPSA) is 64.8 Å². The number of rotatable bonds is 9. The van der Waals surface area contributed by atoms with E-state index in [0.717, 1.165) is 25.8 Å². The van der Waals surface area contributed by atoms with Gasteiger partial charge in [0.1, 0.15) is 6.61 Å². The van der Waals surface area contributed by atoms with Crippen molar-refractivity contribution in [3.05, 3.63) is 0 Å². The van der Waals surface area contributed by atoms with Gasteiger partial charge in [-0.25, -0.2) is 0 Å². The minimum absolute atomic E-state index is 0.0760. The lowest BCUT2D eigenvalue weighted by Crippen LogP contribution is -2.37. The van der Waals surface area contributed by atoms with Gasteiger partial charge in [-0.15, -0.1) is 0 Å². The van der Waals surface area contributed by atoms with Gasteiger partial charge in [-0.3, -0.25) is 4.79 Å². The summed E-state index contributed by atoms with van der Waals surface area (Å²) in [5.41, 5.74) is 5.45. The predicted molar refractivity (Wildman–Crippen MR) is 61.1 cm³/mol. The molecule has 1 saturated carbocycles. The van der Waals surface area contributed by atoms with E-state index in [0.29, 0.717) is 25.8 Å². The highest BCUT2D eigenvalue weighted by Gasteiger charge is 2.31. The molecule has 0 saturated heterocycles. The van der Waals surface area contributed by atoms with Gasteiger partial charge in [0.05, 0.1) is 13.2 Å². The lowest BCUT2D eigenvalue weighted by atomic mass is 10.3. The number of methoxy groups -OCH3 is 1. The molecule has 0 aliphatic heterocycles. The van der Waals surface area contributed by atoms with Crippen molar-refractivity contribution < 1.29 is 14.3 Å². The van der Waals surface area contributed by atoms with E-state index in [4.69, 9.17) is 15.2 Å². The van der Waals surface area contributed by atoms with E-state index < -0.39 is 0 Å². The molecule has 94 valence electrons. The van der Waals surface area contributed by atoms with Crippen LogP contribution in [0.2, 0.25) is 0 Å². The Labute approximate surface area is 96.9 Å². The first kappa shape index (κ1) is 13.4. The minimum atomic E-state index is 0.0760. The third-order valence-electron chi connectivity index (χ3n) is 2.57. The maximum atomic E-state index is 11.8. The Bertz CT molecular complexity index is 207. The molecular formula is C11H22N2O3. The van der Waals surface area contributed by atoms with Crippen LogP contribution in [0.15, 0.2) is 0 Å². The van der Waals surface area contributed by atoms with Gasteiger partial charge in [-0.2, -0.15) is 0 Å². The zero-order chi connectivity index (χ0) is 11.8. The maximum absolute atomic E-state index is 11.8. The van der Waals surface area contributed by atoms with Crippen LogP contribution in [0.3, 0.4) is 0 Å². The van der Waals surface area contributed by atoms with E-state index in [1.165, 1.54) is 0 Å². The van der Waals surface area contributed by atoms with Gasteiger partial charge in [0.2, 0.25) is 5.91 Å². The molecule has 1 amide bonds. The first-order valence-electron chi connectivity index (χ1n) is 5.85. The van der Waals surface area contributed by atoms with E-state index in [1.54, 1.807) is 7.11 Å². The van der Waals surface area contributed by atoms with Crippen LogP contribution in [0.5, 0.6) is 0 Å². The minimum Gasteiger partial charge on any atom is -0.382 e. The fourth-order valence-corrected chi connectivity index (χ4v) is 1.54. The molecular weight excluding hydrogens is 208 g/mol. The van der Waals surface area contributed by atoms with Crippen molar-refractivity contribution in [1.82, 2.24) is 4.90 Å². The van der Waals surface area contributed by atoms with Crippen LogP contribution in [0.25, 0.3) is 0 Å². The van der Waals surface area contributed by atoms with Crippen molar-refractivity contribution in [2.24, 2.45) is 5.73 Å². The van der Waals surface area contributed by atoms with Crippen molar-refractivity contribution >= 4 is 5.91 Å². The Balaban J connectivity index is 2.19. The summed E-state index contributed by atoms with van der Waals surface area (Å²) in [6.45, 7) is 2.54. The molecule has 0 aromatic rings. The third-order valence-corrected chi connectivity index (χ3v) is 2.57. The molecule has 0 bridgehead atoms. The van der Waals surface area contributed by atoms with Crippen LogP contribution in [0.4, 0.5) is 0 Å². The molecule has 0 unspecified atom stereocenters. The van der Waals surface area contributed by atoms with Crippen LogP contribution in [-0.2, 0) is 14.3 Å². The number of nitrogens with two attached hydrogens (primary N) is 1. The number of hydrogen-bond donors (Lipinski definition) is 1. The molecule has 1 rings (SSSR count). The third kappa shape index (κ3) is 4.92. The molecule has 1 aliphatic rings. The van der Waals surface area contributed by atoms with Crippen LogP contribution in [0.1, 0.15) is 19.3 Å². The summed E-state index contributed by atoms with van der Waals surface area (Å²) in [7, 11) is 1.61. The quantitative estimate of drug-likeness (QED) is 0.566. The number of carbonyl (C=O) groups excluding carboxylic acids is 1. The average Bonchev–Trinajstić information content (AvgIpc) is 3.09. The molecule has 0 atom stereocenters. The fraction of sp³-hybridized carbons (Fsp3) is 0.909. The second-order valence-electron chi connectivity index (χ2n) is 4.01. The normalized spacial score (nSPS) is 15.1. The van der Waals surface area contributed by atoms with Gasteiger partial charge in [-0.05, 0) is 25.8 Å². The summed E-state index contributed by atoms with van der Waals surface area (Å²) in [5.74, 6) is 0.0760. The van der Waals surface area contributed by atoms with Crippen LogP contribution in [-0.4, -0.2) is 56.9 Å². The zero-order valence-electron chi connectivity index (χ0n) is 9.98. The summed E-state index contributed by atoms with van der Waals surface area (Å²) in [4.78, 5) is 13.7. The fourth-order valence-electron chi connectivity index (χ4n) is 1.54. The number of carbonyl (C=O) groups is 1. The van der Waals surface area contributed by atoms with E-state index in [2.05, 4.69) is 0 Å². The summed E-state index contributed by atoms with van der Waals surface area (Å²) < 4.78 is 10.1. The van der Waals surface area contributed by atoms with Crippen molar-refractivity contribution in [1.29, 1.82) is 0 Å². The van der Waals surface area contributed by atoms with Gasteiger partial charge in [-0.1, -0.05) is 0 Å². The van der Waals surface area contributed by atoms with E-state index >= 15 is 0 Å². The first-order valence-corrected chi connectivity index (χ1v) is 5.85. The first-order chi connectivity index (χ1) is 7.79. The summed E-state index contributed by atoms with van der Waals surface area (Å²) in [6.07, 6.45) is 3.10. The van der Waals surface area contributed by atoms with Crippen LogP contribution < -0.4 is 5.73 Å². The standard InChI is InChI=1S/C11H22N2O3/c1-15-7-8-16-9-11(14)13(6-2-5-12)10-3-4-10/h10H,2-9,12H2,1H3. The second kappa shape index (κ2) is 7.60. The molecule has 0 heterocycles. The van der Waals surface area contributed by atoms with E-state index in [9.17, 15) is 4.79 Å². The molecule has 0 aromatic carbocycles. The molecule has 16 heavy (non-hydrogen) atoms. The number of ether oxygens (including phenoxy) is 2. The highest BCUT2D eigenvalue weighted by molar-refractivity contribution is 5.78. The lowest BCUT2D eigenvalue weighted by molar-refractivity contribution is -0.137. The molecule has 1 aliphatic carbocycles. The lowest BCUT2D eigenvalue weighted by Gasteiger charge is -2.22. The molecule has 1 fully saturated rings. The van der Waals surface area contributed by atoms with Gasteiger partial charge in [0, 0.05) is 19.7 Å². The Morgan fingerprint density at radius 3 is 2.75 bits per heavy atom. The Hall–Kier alpha value is -0.650. The number of nitrogens with zero attached hydrogens (tertiary/aromatic N) is 1. The highest BCUT2D eigenvalue weighted by Crippen LogP contribution is 2.26. The second-order valence-corrected chi connectivity index (χ2v) is 4.01. The van der Waals surface area contributed by atoms with Gasteiger partial charge < -0.3 is 20.1 Å². The maximum Gasteiger partial charge on any atom is 0.248 e. The van der Waals surface area contributed by atoms with Crippen molar-refractivity contribution in [2.75, 3.05) is 40.0 Å². The molecule has 5 nitrogen and oxygen atoms in total. The molecule has 2 N–H and O–H groups in total. The molecule has 0 radical (unpaired) electrons. The molecule has 0 spiro atoms. The SMILES string of the molecule is COCCOCC(=O)N(CCCN)C1CC1. The van der Waals surface area contributed by atoms with Crippen LogP contribution >= 0.6 is 0 Å². The Morgan fingerprint density at radius 1 is 1.44 bits per heavy atom. The smallest absolute Gasteiger partial charge is 0.248 e. The van der Waals surface area contributed by atoms with E-state index in [1.807, 2.05) is 4.90 Å². The average molecular weight is 230 g/mol. The number of amides is 1. The molecule has 0 aromatic heterocycles. The van der Waals surface area contributed by atoms with Crippen LogP contribution in [0, 0.1) is 0 Å². The number of hydrogen-bond acceptors (Lipinski definition) is 4. The molecule has 5 heteroatoms. The van der Waals surface area contributed by atoms with Crippen molar-refractivity contribution in [3.63, 3.8) is 0 Å². The summed E-state index contributed by atoms with van der Waals surface area (Å²) >= 11 is 0. The van der Waals surface area contributed by atoms with E-state index in [-0.39, 0.29) is 12.5 Å². The van der Waals surface area contributed by atoms with Crippen molar-refractivity contribution in [2.45, 2.75) is 25.3 Å². The van der Waals surface area contributed by atoms with Gasteiger partial charge >= 0.3 is 0 Å². The van der Waals surface area contributed by atoms with Crippen molar-refractivity contribution in [3.8, 4) is 0 Å². The van der Waals surface area contributed by atoms with Gasteiger partial charge in [0.25, 0.3) is 0 Å². The Morgan fingerprint density at radius 2 is 2.19 bits per heavy atom. The Kier molecular flexibility index (Phi) is 6.37. The van der Waals surface area contributed by atoms with Gasteiger partial charge in [0.15, 0.2) is 0 Å². The largest absolute Gasteiger partial charge is 0.382 e. The summed E-state index contributed by atoms with van der Waals surface area (Å²) in [5, 5.41) is 0. The summed E-state index contributed by atoms with van der Waals surface area (Å²) in [6, 6.07) is 0.435. The zero-order valence-corrected chi connectivity index (χ0v) is 9.98. The predicted octanol–water partition coefficient (Wildman–Crippen LogP) is -0.0108.